The van der Waals surface area contributed by atoms with E-state index in [0.717, 1.165) is 36.9 Å². The van der Waals surface area contributed by atoms with Crippen molar-refractivity contribution >= 4 is 22.6 Å². The Balaban J connectivity index is 1.89. The first-order valence-corrected chi connectivity index (χ1v) is 6.31. The minimum Gasteiger partial charge on any atom is -0.356 e. The Morgan fingerprint density at radius 1 is 1.69 bits per heavy atom. The number of carbonyl (C=O) groups is 1. The summed E-state index contributed by atoms with van der Waals surface area (Å²) in [6.07, 6.45) is 1.85. The number of carbonyl (C=O) groups excluding carboxylic acids is 1. The maximum absolute atomic E-state index is 11.2. The van der Waals surface area contributed by atoms with Gasteiger partial charge in [-0.1, -0.05) is 6.92 Å². The highest BCUT2D eigenvalue weighted by Gasteiger charge is 2.24. The standard InChI is InChI=1S/C10H16N4OS/c1-3-9-12-10(16-13-9)11-8-4-5-14(6-8)7(2)15/h8H,3-6H2,1-2H3,(H,11,12,13). The fourth-order valence-corrected chi connectivity index (χ4v) is 2.52. The Bertz CT molecular complexity index is 379. The fourth-order valence-electron chi connectivity index (χ4n) is 1.79. The van der Waals surface area contributed by atoms with Crippen molar-refractivity contribution in [2.45, 2.75) is 32.7 Å². The number of hydrogen-bond acceptors (Lipinski definition) is 5. The monoisotopic (exact) mass is 240 g/mol. The van der Waals surface area contributed by atoms with Crippen LogP contribution >= 0.6 is 11.5 Å². The smallest absolute Gasteiger partial charge is 0.219 e. The number of hydrogen-bond donors (Lipinski definition) is 1. The van der Waals surface area contributed by atoms with Gasteiger partial charge in [-0.3, -0.25) is 4.79 Å². The van der Waals surface area contributed by atoms with Crippen LogP contribution in [0.25, 0.3) is 0 Å². The predicted octanol–water partition coefficient (Wildman–Crippen LogP) is 1.13. The van der Waals surface area contributed by atoms with E-state index in [1.807, 2.05) is 11.8 Å². The van der Waals surface area contributed by atoms with Crippen molar-refractivity contribution in [2.24, 2.45) is 0 Å². The number of amides is 1. The third kappa shape index (κ3) is 2.49. The van der Waals surface area contributed by atoms with E-state index >= 15 is 0 Å². The van der Waals surface area contributed by atoms with Crippen molar-refractivity contribution in [2.75, 3.05) is 18.4 Å². The second-order valence-corrected chi connectivity index (χ2v) is 4.72. The molecular formula is C10H16N4OS. The third-order valence-electron chi connectivity index (χ3n) is 2.75. The quantitative estimate of drug-likeness (QED) is 0.860. The van der Waals surface area contributed by atoms with Crippen LogP contribution in [0.5, 0.6) is 0 Å². The van der Waals surface area contributed by atoms with E-state index in [1.54, 1.807) is 6.92 Å². The summed E-state index contributed by atoms with van der Waals surface area (Å²) in [5.74, 6) is 1.03. The minimum absolute atomic E-state index is 0.149. The molecule has 0 bridgehead atoms. The molecule has 0 spiro atoms. The minimum atomic E-state index is 0.149. The van der Waals surface area contributed by atoms with Gasteiger partial charge in [0.1, 0.15) is 5.82 Å². The van der Waals surface area contributed by atoms with Crippen molar-refractivity contribution in [3.05, 3.63) is 5.82 Å². The third-order valence-corrected chi connectivity index (χ3v) is 3.43. The van der Waals surface area contributed by atoms with Crippen LogP contribution < -0.4 is 5.32 Å². The van der Waals surface area contributed by atoms with Gasteiger partial charge in [0.15, 0.2) is 0 Å². The van der Waals surface area contributed by atoms with E-state index in [0.29, 0.717) is 6.04 Å². The highest BCUT2D eigenvalue weighted by molar-refractivity contribution is 7.09. The zero-order valence-electron chi connectivity index (χ0n) is 9.56. The lowest BCUT2D eigenvalue weighted by molar-refractivity contribution is -0.127. The largest absolute Gasteiger partial charge is 0.356 e. The topological polar surface area (TPSA) is 58.1 Å². The van der Waals surface area contributed by atoms with Crippen LogP contribution in [0.3, 0.4) is 0 Å². The van der Waals surface area contributed by atoms with Gasteiger partial charge in [-0.05, 0) is 6.42 Å². The molecule has 0 radical (unpaired) electrons. The number of aromatic nitrogens is 2. The molecule has 1 aliphatic heterocycles. The summed E-state index contributed by atoms with van der Waals surface area (Å²) in [6.45, 7) is 5.27. The van der Waals surface area contributed by atoms with E-state index in [9.17, 15) is 4.79 Å². The number of rotatable bonds is 3. The number of aryl methyl sites for hydroxylation is 1. The molecule has 1 fully saturated rings. The van der Waals surface area contributed by atoms with E-state index < -0.39 is 0 Å². The van der Waals surface area contributed by atoms with Gasteiger partial charge in [0.05, 0.1) is 0 Å². The van der Waals surface area contributed by atoms with Gasteiger partial charge in [0, 0.05) is 44.0 Å². The fraction of sp³-hybridized carbons (Fsp3) is 0.700. The van der Waals surface area contributed by atoms with Gasteiger partial charge in [-0.15, -0.1) is 0 Å². The molecule has 6 heteroatoms. The maximum atomic E-state index is 11.2. The first-order valence-electron chi connectivity index (χ1n) is 5.53. The molecule has 1 aliphatic rings. The molecule has 2 heterocycles. The first-order chi connectivity index (χ1) is 7.69. The van der Waals surface area contributed by atoms with E-state index in [1.165, 1.54) is 11.5 Å². The van der Waals surface area contributed by atoms with Gasteiger partial charge in [0.25, 0.3) is 0 Å². The van der Waals surface area contributed by atoms with Crippen molar-refractivity contribution < 1.29 is 4.79 Å². The Morgan fingerprint density at radius 2 is 2.50 bits per heavy atom. The predicted molar refractivity (Wildman–Crippen MR) is 63.6 cm³/mol. The molecule has 1 aromatic heterocycles. The van der Waals surface area contributed by atoms with Crippen LogP contribution in [0.1, 0.15) is 26.1 Å². The molecule has 1 atom stereocenters. The van der Waals surface area contributed by atoms with Gasteiger partial charge in [0.2, 0.25) is 11.0 Å². The lowest BCUT2D eigenvalue weighted by Crippen LogP contribution is -2.29. The molecule has 0 aliphatic carbocycles. The average Bonchev–Trinajstić information content (AvgIpc) is 2.87. The summed E-state index contributed by atoms with van der Waals surface area (Å²) in [4.78, 5) is 17.4. The van der Waals surface area contributed by atoms with Crippen LogP contribution in [0, 0.1) is 0 Å². The number of nitrogens with zero attached hydrogens (tertiary/aromatic N) is 3. The van der Waals surface area contributed by atoms with Crippen LogP contribution in [0.15, 0.2) is 0 Å². The van der Waals surface area contributed by atoms with Crippen molar-refractivity contribution in [3.8, 4) is 0 Å². The van der Waals surface area contributed by atoms with Crippen LogP contribution in [-0.4, -0.2) is 39.3 Å². The molecule has 1 unspecified atom stereocenters. The summed E-state index contributed by atoms with van der Waals surface area (Å²) in [6, 6.07) is 0.321. The van der Waals surface area contributed by atoms with E-state index in [4.69, 9.17) is 0 Å². The van der Waals surface area contributed by atoms with E-state index in [-0.39, 0.29) is 5.91 Å². The van der Waals surface area contributed by atoms with Crippen LogP contribution in [0.4, 0.5) is 5.13 Å². The number of nitrogens with one attached hydrogen (secondary N) is 1. The molecule has 0 aromatic carbocycles. The van der Waals surface area contributed by atoms with Gasteiger partial charge in [-0.2, -0.15) is 4.37 Å². The first kappa shape index (κ1) is 11.3. The van der Waals surface area contributed by atoms with Crippen molar-refractivity contribution in [1.29, 1.82) is 0 Å². The summed E-state index contributed by atoms with van der Waals surface area (Å²) in [5, 5.41) is 4.20. The lowest BCUT2D eigenvalue weighted by Gasteiger charge is -2.14. The number of anilines is 1. The second-order valence-electron chi connectivity index (χ2n) is 3.96. The molecule has 5 nitrogen and oxygen atoms in total. The summed E-state index contributed by atoms with van der Waals surface area (Å²) in [5.41, 5.74) is 0. The summed E-state index contributed by atoms with van der Waals surface area (Å²) >= 11 is 1.39. The zero-order valence-corrected chi connectivity index (χ0v) is 10.4. The van der Waals surface area contributed by atoms with Gasteiger partial charge < -0.3 is 10.2 Å². The highest BCUT2D eigenvalue weighted by atomic mass is 32.1. The molecule has 16 heavy (non-hydrogen) atoms. The Morgan fingerprint density at radius 3 is 3.06 bits per heavy atom. The molecule has 1 aromatic rings. The van der Waals surface area contributed by atoms with Crippen molar-refractivity contribution in [3.63, 3.8) is 0 Å². The van der Waals surface area contributed by atoms with Gasteiger partial charge in [-0.25, -0.2) is 4.98 Å². The van der Waals surface area contributed by atoms with Gasteiger partial charge >= 0.3 is 0 Å². The average molecular weight is 240 g/mol. The van der Waals surface area contributed by atoms with E-state index in [2.05, 4.69) is 14.7 Å². The Kier molecular flexibility index (Phi) is 3.38. The second kappa shape index (κ2) is 4.78. The SMILES string of the molecule is CCc1nsc(NC2CCN(C(C)=O)C2)n1. The molecule has 1 amide bonds. The van der Waals surface area contributed by atoms with Crippen LogP contribution in [0.2, 0.25) is 0 Å². The Labute approximate surface area is 99.0 Å². The zero-order chi connectivity index (χ0) is 11.5. The summed E-state index contributed by atoms with van der Waals surface area (Å²) < 4.78 is 4.22. The number of likely N-dealkylation sites (tertiary alicyclic amines) is 1. The molecule has 88 valence electrons. The molecule has 1 N–H and O–H groups in total. The Hall–Kier alpha value is -1.17. The maximum Gasteiger partial charge on any atom is 0.219 e. The molecule has 0 saturated carbocycles. The lowest BCUT2D eigenvalue weighted by atomic mass is 10.3. The normalized spacial score (nSPS) is 20.1. The molecular weight excluding hydrogens is 224 g/mol. The summed E-state index contributed by atoms with van der Waals surface area (Å²) in [7, 11) is 0. The van der Waals surface area contributed by atoms with Crippen molar-refractivity contribution in [1.82, 2.24) is 14.3 Å². The molecule has 2 rings (SSSR count). The van der Waals surface area contributed by atoms with Crippen LogP contribution in [-0.2, 0) is 11.2 Å². The molecule has 1 saturated heterocycles. The highest BCUT2D eigenvalue weighted by Crippen LogP contribution is 2.17.